The lowest BCUT2D eigenvalue weighted by atomic mass is 10.0. The van der Waals surface area contributed by atoms with Gasteiger partial charge in [0.15, 0.2) is 11.0 Å². The summed E-state index contributed by atoms with van der Waals surface area (Å²) in [5.74, 6) is -0.0256. The zero-order valence-corrected chi connectivity index (χ0v) is 23.3. The third-order valence-corrected chi connectivity index (χ3v) is 6.69. The van der Waals surface area contributed by atoms with Crippen LogP contribution in [0.4, 0.5) is 5.69 Å². The van der Waals surface area contributed by atoms with E-state index in [2.05, 4.69) is 20.8 Å². The molecule has 2 aromatic carbocycles. The highest BCUT2D eigenvalue weighted by molar-refractivity contribution is 7.99. The molecule has 0 spiro atoms. The largest absolute Gasteiger partial charge is 0.462 e. The van der Waals surface area contributed by atoms with Crippen molar-refractivity contribution in [2.45, 2.75) is 58.8 Å². The molecule has 9 nitrogen and oxygen atoms in total. The van der Waals surface area contributed by atoms with E-state index in [1.54, 1.807) is 30.3 Å². The van der Waals surface area contributed by atoms with Gasteiger partial charge in [-0.2, -0.15) is 0 Å². The summed E-state index contributed by atoms with van der Waals surface area (Å²) >= 11 is 1.26. The monoisotopic (exact) mass is 537 g/mol. The summed E-state index contributed by atoms with van der Waals surface area (Å²) in [5.41, 5.74) is 2.49. The first kappa shape index (κ1) is 28.9. The summed E-state index contributed by atoms with van der Waals surface area (Å²) in [6, 6.07) is 13.7. The van der Waals surface area contributed by atoms with E-state index in [9.17, 15) is 14.4 Å². The van der Waals surface area contributed by atoms with Crippen LogP contribution in [0.15, 0.2) is 53.7 Å². The van der Waals surface area contributed by atoms with Gasteiger partial charge in [0.2, 0.25) is 5.91 Å². The number of thioether (sulfide) groups is 1. The van der Waals surface area contributed by atoms with Gasteiger partial charge in [-0.15, -0.1) is 10.2 Å². The van der Waals surface area contributed by atoms with Gasteiger partial charge in [-0.05, 0) is 56.5 Å². The fraction of sp³-hybridized carbons (Fsp3) is 0.393. The molecule has 202 valence electrons. The molecule has 0 aliphatic rings. The maximum absolute atomic E-state index is 12.9. The standard InChI is InChI=1S/C28H35N5O4S/c1-6-14-37-27(36)21-12-9-13-22(16-21)29-23(34)17-38-28-32-31-25(33(28)7-2)24(18(3)4)30-26(35)20-11-8-10-19(5)15-20/h8-13,15-16,18,24H,6-7,14,17H2,1-5H3,(H,29,34)(H,30,35)/t24-/m0/s1. The molecule has 1 heterocycles. The smallest absolute Gasteiger partial charge is 0.338 e. The van der Waals surface area contributed by atoms with Crippen molar-refractivity contribution < 1.29 is 19.1 Å². The quantitative estimate of drug-likeness (QED) is 0.246. The summed E-state index contributed by atoms with van der Waals surface area (Å²) in [7, 11) is 0. The third kappa shape index (κ3) is 7.67. The molecule has 2 N–H and O–H groups in total. The molecular weight excluding hydrogens is 502 g/mol. The van der Waals surface area contributed by atoms with E-state index >= 15 is 0 Å². The molecule has 2 amide bonds. The minimum atomic E-state index is -0.421. The Kier molecular flexibility index (Phi) is 10.5. The van der Waals surface area contributed by atoms with E-state index in [-0.39, 0.29) is 29.5 Å². The van der Waals surface area contributed by atoms with Crippen LogP contribution in [0.1, 0.15) is 72.3 Å². The Bertz CT molecular complexity index is 1270. The number of nitrogens with one attached hydrogen (secondary N) is 2. The molecule has 0 radical (unpaired) electrons. The van der Waals surface area contributed by atoms with Gasteiger partial charge in [0, 0.05) is 17.8 Å². The lowest BCUT2D eigenvalue weighted by Gasteiger charge is -2.22. The number of anilines is 1. The second kappa shape index (κ2) is 13.8. The van der Waals surface area contributed by atoms with Gasteiger partial charge < -0.3 is 19.9 Å². The van der Waals surface area contributed by atoms with Gasteiger partial charge in [0.05, 0.1) is 24.0 Å². The van der Waals surface area contributed by atoms with Gasteiger partial charge >= 0.3 is 5.97 Å². The van der Waals surface area contributed by atoms with E-state index in [4.69, 9.17) is 4.74 Å². The van der Waals surface area contributed by atoms with E-state index in [1.807, 2.05) is 57.4 Å². The first-order chi connectivity index (χ1) is 18.2. The lowest BCUT2D eigenvalue weighted by molar-refractivity contribution is -0.113. The average Bonchev–Trinajstić information content (AvgIpc) is 3.31. The summed E-state index contributed by atoms with van der Waals surface area (Å²) in [6.07, 6.45) is 0.737. The Labute approximate surface area is 227 Å². The molecule has 3 aromatic rings. The normalized spacial score (nSPS) is 11.7. The first-order valence-electron chi connectivity index (χ1n) is 12.7. The number of benzene rings is 2. The maximum Gasteiger partial charge on any atom is 0.338 e. The van der Waals surface area contributed by atoms with Crippen molar-refractivity contribution in [3.05, 3.63) is 71.0 Å². The minimum Gasteiger partial charge on any atom is -0.462 e. The lowest BCUT2D eigenvalue weighted by Crippen LogP contribution is -2.33. The number of ether oxygens (including phenoxy) is 1. The number of rotatable bonds is 12. The number of nitrogens with zero attached hydrogens (tertiary/aromatic N) is 3. The highest BCUT2D eigenvalue weighted by atomic mass is 32.2. The van der Waals surface area contributed by atoms with Crippen molar-refractivity contribution in [2.75, 3.05) is 17.7 Å². The molecule has 10 heteroatoms. The van der Waals surface area contributed by atoms with Gasteiger partial charge in [0.25, 0.3) is 5.91 Å². The molecule has 1 atom stereocenters. The number of esters is 1. The van der Waals surface area contributed by atoms with Crippen LogP contribution in [0, 0.1) is 12.8 Å². The van der Waals surface area contributed by atoms with Crippen molar-refractivity contribution in [2.24, 2.45) is 5.92 Å². The average molecular weight is 538 g/mol. The molecular formula is C28H35N5O4S. The van der Waals surface area contributed by atoms with Crippen molar-refractivity contribution in [1.29, 1.82) is 0 Å². The zero-order valence-electron chi connectivity index (χ0n) is 22.5. The van der Waals surface area contributed by atoms with E-state index < -0.39 is 5.97 Å². The molecule has 0 unspecified atom stereocenters. The number of aryl methyl sites for hydroxylation is 1. The summed E-state index contributed by atoms with van der Waals surface area (Å²) in [5, 5.41) is 15.2. The van der Waals surface area contributed by atoms with Gasteiger partial charge in [-0.1, -0.05) is 56.3 Å². The van der Waals surface area contributed by atoms with Gasteiger partial charge in [-0.3, -0.25) is 9.59 Å². The van der Waals surface area contributed by atoms with Crippen LogP contribution in [0.5, 0.6) is 0 Å². The van der Waals surface area contributed by atoms with Crippen molar-refractivity contribution in [3.63, 3.8) is 0 Å². The Balaban J connectivity index is 1.67. The van der Waals surface area contributed by atoms with Gasteiger partial charge in [0.1, 0.15) is 0 Å². The fourth-order valence-electron chi connectivity index (χ4n) is 3.80. The van der Waals surface area contributed by atoms with Crippen molar-refractivity contribution >= 4 is 35.2 Å². The molecule has 0 bridgehead atoms. The fourth-order valence-corrected chi connectivity index (χ4v) is 4.61. The number of hydrogen-bond acceptors (Lipinski definition) is 7. The Morgan fingerprint density at radius 3 is 2.45 bits per heavy atom. The molecule has 0 aliphatic heterocycles. The van der Waals surface area contributed by atoms with Crippen LogP contribution in [-0.2, 0) is 16.1 Å². The molecule has 0 saturated heterocycles. The maximum atomic E-state index is 12.9. The van der Waals surface area contributed by atoms with E-state index in [0.717, 1.165) is 12.0 Å². The number of hydrogen-bond donors (Lipinski definition) is 2. The molecule has 38 heavy (non-hydrogen) atoms. The highest BCUT2D eigenvalue weighted by Crippen LogP contribution is 2.26. The molecule has 0 fully saturated rings. The topological polar surface area (TPSA) is 115 Å². The number of carbonyl (C=O) groups is 3. The number of aromatic nitrogens is 3. The third-order valence-electron chi connectivity index (χ3n) is 5.73. The Morgan fingerprint density at radius 1 is 1.03 bits per heavy atom. The van der Waals surface area contributed by atoms with Crippen LogP contribution in [0.2, 0.25) is 0 Å². The second-order valence-electron chi connectivity index (χ2n) is 9.20. The van der Waals surface area contributed by atoms with Crippen molar-refractivity contribution in [1.82, 2.24) is 20.1 Å². The first-order valence-corrected chi connectivity index (χ1v) is 13.7. The van der Waals surface area contributed by atoms with Crippen LogP contribution in [0.25, 0.3) is 0 Å². The van der Waals surface area contributed by atoms with E-state index in [1.165, 1.54) is 11.8 Å². The summed E-state index contributed by atoms with van der Waals surface area (Å²) in [4.78, 5) is 37.7. The molecule has 1 aromatic heterocycles. The molecule has 0 saturated carbocycles. The second-order valence-corrected chi connectivity index (χ2v) is 10.1. The zero-order chi connectivity index (χ0) is 27.7. The predicted octanol–water partition coefficient (Wildman–Crippen LogP) is 5.03. The SMILES string of the molecule is CCCOC(=O)c1cccc(NC(=O)CSc2nnc([C@@H](NC(=O)c3cccc(C)c3)C(C)C)n2CC)c1. The van der Waals surface area contributed by atoms with Crippen LogP contribution in [-0.4, -0.2) is 44.9 Å². The number of carbonyl (C=O) groups excluding carboxylic acids is 3. The molecule has 3 rings (SSSR count). The number of amides is 2. The van der Waals surface area contributed by atoms with Crippen LogP contribution >= 0.6 is 11.8 Å². The Morgan fingerprint density at radius 2 is 1.76 bits per heavy atom. The van der Waals surface area contributed by atoms with Crippen LogP contribution < -0.4 is 10.6 Å². The Hall–Kier alpha value is -3.66. The van der Waals surface area contributed by atoms with E-state index in [0.29, 0.717) is 40.9 Å². The molecule has 0 aliphatic carbocycles. The predicted molar refractivity (Wildman–Crippen MR) is 148 cm³/mol. The highest BCUT2D eigenvalue weighted by Gasteiger charge is 2.26. The van der Waals surface area contributed by atoms with Crippen LogP contribution in [0.3, 0.4) is 0 Å². The van der Waals surface area contributed by atoms with Gasteiger partial charge in [-0.25, -0.2) is 4.79 Å². The minimum absolute atomic E-state index is 0.0655. The van der Waals surface area contributed by atoms with Crippen molar-refractivity contribution in [3.8, 4) is 0 Å². The summed E-state index contributed by atoms with van der Waals surface area (Å²) < 4.78 is 7.08. The summed E-state index contributed by atoms with van der Waals surface area (Å²) in [6.45, 7) is 10.8.